The van der Waals surface area contributed by atoms with Crippen molar-refractivity contribution in [3.8, 4) is 0 Å². The Morgan fingerprint density at radius 2 is 1.50 bits per heavy atom. The van der Waals surface area contributed by atoms with Gasteiger partial charge >= 0.3 is 5.97 Å². The fraction of sp³-hybridized carbons (Fsp3) is 0.263. The number of nitrogens with zero attached hydrogens (tertiary/aromatic N) is 1. The van der Waals surface area contributed by atoms with Crippen LogP contribution in [-0.4, -0.2) is 30.5 Å². The van der Waals surface area contributed by atoms with E-state index in [1.807, 2.05) is 36.4 Å². The van der Waals surface area contributed by atoms with Crippen molar-refractivity contribution in [2.75, 3.05) is 23.5 Å². The van der Waals surface area contributed by atoms with Gasteiger partial charge in [-0.2, -0.15) is 0 Å². The van der Waals surface area contributed by atoms with Crippen LogP contribution in [0.3, 0.4) is 0 Å². The molecule has 0 bridgehead atoms. The number of thioether (sulfide) groups is 1. The molecular formula is C19H19NO3S. The van der Waals surface area contributed by atoms with E-state index in [9.17, 15) is 9.59 Å². The van der Waals surface area contributed by atoms with Gasteiger partial charge in [-0.1, -0.05) is 36.4 Å². The van der Waals surface area contributed by atoms with Gasteiger partial charge in [-0.25, -0.2) is 0 Å². The first-order chi connectivity index (χ1) is 11.7. The fourth-order valence-corrected chi connectivity index (χ4v) is 3.58. The number of aryl methyl sites for hydroxylation is 2. The molecular weight excluding hydrogens is 322 g/mol. The van der Waals surface area contributed by atoms with Crippen LogP contribution in [0.2, 0.25) is 0 Å². The maximum absolute atomic E-state index is 12.9. The number of rotatable bonds is 4. The highest BCUT2D eigenvalue weighted by molar-refractivity contribution is 8.00. The number of hydrogen-bond donors (Lipinski definition) is 0. The average Bonchev–Trinajstić information content (AvgIpc) is 2.78. The van der Waals surface area contributed by atoms with E-state index in [1.54, 1.807) is 4.90 Å². The zero-order chi connectivity index (χ0) is 16.9. The third kappa shape index (κ3) is 3.46. The Morgan fingerprint density at radius 1 is 0.958 bits per heavy atom. The molecule has 5 heteroatoms. The van der Waals surface area contributed by atoms with Crippen molar-refractivity contribution in [3.05, 3.63) is 59.7 Å². The highest BCUT2D eigenvalue weighted by Gasteiger charge is 2.25. The highest BCUT2D eigenvalue weighted by Crippen LogP contribution is 2.36. The van der Waals surface area contributed by atoms with Crippen LogP contribution >= 0.6 is 11.8 Å². The van der Waals surface area contributed by atoms with Crippen molar-refractivity contribution in [1.29, 1.82) is 0 Å². The lowest BCUT2D eigenvalue weighted by Crippen LogP contribution is -2.29. The second kappa shape index (κ2) is 7.53. The van der Waals surface area contributed by atoms with Crippen molar-refractivity contribution in [1.82, 2.24) is 0 Å². The standard InChI is InChI=1S/C19H19NO3S/c1-23-19(22)13-24-12-18(21)20-16-8-4-2-6-14(16)10-11-15-7-3-5-9-17(15)20/h2-9H,10-13H2,1H3. The van der Waals surface area contributed by atoms with Crippen molar-refractivity contribution >= 4 is 35.0 Å². The molecule has 0 aliphatic carbocycles. The molecule has 0 atom stereocenters. The van der Waals surface area contributed by atoms with Gasteiger partial charge in [0.15, 0.2) is 0 Å². The maximum Gasteiger partial charge on any atom is 0.315 e. The van der Waals surface area contributed by atoms with Gasteiger partial charge in [-0.05, 0) is 36.1 Å². The number of ether oxygens (including phenoxy) is 1. The normalized spacial score (nSPS) is 12.8. The molecule has 1 heterocycles. The molecule has 0 aromatic heterocycles. The Balaban J connectivity index is 1.90. The lowest BCUT2D eigenvalue weighted by molar-refractivity contribution is -0.137. The second-order valence-electron chi connectivity index (χ2n) is 5.56. The fourth-order valence-electron chi connectivity index (χ4n) is 2.89. The highest BCUT2D eigenvalue weighted by atomic mass is 32.2. The molecule has 0 N–H and O–H groups in total. The number of para-hydroxylation sites is 2. The summed E-state index contributed by atoms with van der Waals surface area (Å²) in [5, 5.41) is 0. The monoisotopic (exact) mass is 341 g/mol. The van der Waals surface area contributed by atoms with Crippen LogP contribution in [0.4, 0.5) is 11.4 Å². The summed E-state index contributed by atoms with van der Waals surface area (Å²) in [7, 11) is 1.35. The molecule has 0 fully saturated rings. The summed E-state index contributed by atoms with van der Waals surface area (Å²) in [6, 6.07) is 16.0. The van der Waals surface area contributed by atoms with Gasteiger partial charge in [0.05, 0.1) is 30.0 Å². The van der Waals surface area contributed by atoms with Gasteiger partial charge in [0.1, 0.15) is 0 Å². The van der Waals surface area contributed by atoms with Crippen molar-refractivity contribution in [3.63, 3.8) is 0 Å². The number of carbonyl (C=O) groups excluding carboxylic acids is 2. The van der Waals surface area contributed by atoms with E-state index in [0.717, 1.165) is 24.2 Å². The molecule has 0 unspecified atom stereocenters. The number of benzene rings is 2. The Bertz CT molecular complexity index is 712. The Labute approximate surface area is 145 Å². The van der Waals surface area contributed by atoms with Crippen molar-refractivity contribution in [2.24, 2.45) is 0 Å². The number of methoxy groups -OCH3 is 1. The zero-order valence-electron chi connectivity index (χ0n) is 13.5. The Morgan fingerprint density at radius 3 is 2.04 bits per heavy atom. The minimum Gasteiger partial charge on any atom is -0.468 e. The zero-order valence-corrected chi connectivity index (χ0v) is 14.3. The summed E-state index contributed by atoms with van der Waals surface area (Å²) >= 11 is 1.28. The molecule has 2 aromatic carbocycles. The quantitative estimate of drug-likeness (QED) is 0.800. The SMILES string of the molecule is COC(=O)CSCC(=O)N1c2ccccc2CCc2ccccc21. The van der Waals surface area contributed by atoms with Gasteiger partial charge < -0.3 is 4.74 Å². The van der Waals surface area contributed by atoms with E-state index in [4.69, 9.17) is 0 Å². The number of hydrogen-bond acceptors (Lipinski definition) is 4. The lowest BCUT2D eigenvalue weighted by atomic mass is 10.0. The summed E-state index contributed by atoms with van der Waals surface area (Å²) in [5.41, 5.74) is 4.21. The van der Waals surface area contributed by atoms with E-state index in [0.29, 0.717) is 0 Å². The summed E-state index contributed by atoms with van der Waals surface area (Å²) in [6.45, 7) is 0. The smallest absolute Gasteiger partial charge is 0.315 e. The van der Waals surface area contributed by atoms with E-state index < -0.39 is 0 Å². The minimum absolute atomic E-state index is 0.0225. The number of esters is 1. The number of carbonyl (C=O) groups is 2. The van der Waals surface area contributed by atoms with Gasteiger partial charge in [0, 0.05) is 0 Å². The van der Waals surface area contributed by atoms with Crippen LogP contribution in [0.15, 0.2) is 48.5 Å². The summed E-state index contributed by atoms with van der Waals surface area (Å²) in [5.74, 6) is 0.0760. The molecule has 24 heavy (non-hydrogen) atoms. The first-order valence-electron chi connectivity index (χ1n) is 7.84. The summed E-state index contributed by atoms with van der Waals surface area (Å²) < 4.78 is 4.63. The first kappa shape index (κ1) is 16.6. The lowest BCUT2D eigenvalue weighted by Gasteiger charge is -2.24. The maximum atomic E-state index is 12.9. The molecule has 0 spiro atoms. The van der Waals surface area contributed by atoms with E-state index in [1.165, 1.54) is 30.0 Å². The molecule has 4 nitrogen and oxygen atoms in total. The summed E-state index contributed by atoms with van der Waals surface area (Å²) in [4.78, 5) is 25.9. The average molecular weight is 341 g/mol. The minimum atomic E-state index is -0.315. The summed E-state index contributed by atoms with van der Waals surface area (Å²) in [6.07, 6.45) is 1.82. The molecule has 0 saturated heterocycles. The van der Waals surface area contributed by atoms with Crippen LogP contribution in [0.25, 0.3) is 0 Å². The van der Waals surface area contributed by atoms with Crippen LogP contribution in [0, 0.1) is 0 Å². The van der Waals surface area contributed by atoms with E-state index >= 15 is 0 Å². The van der Waals surface area contributed by atoms with Gasteiger partial charge in [-0.15, -0.1) is 11.8 Å². The van der Waals surface area contributed by atoms with Crippen molar-refractivity contribution in [2.45, 2.75) is 12.8 Å². The van der Waals surface area contributed by atoms with E-state index in [2.05, 4.69) is 16.9 Å². The van der Waals surface area contributed by atoms with Crippen LogP contribution < -0.4 is 4.90 Å². The Kier molecular flexibility index (Phi) is 5.20. The largest absolute Gasteiger partial charge is 0.468 e. The van der Waals surface area contributed by atoms with Crippen LogP contribution in [0.1, 0.15) is 11.1 Å². The first-order valence-corrected chi connectivity index (χ1v) is 8.99. The number of fused-ring (bicyclic) bond motifs is 2. The Hall–Kier alpha value is -2.27. The molecule has 1 aliphatic rings. The van der Waals surface area contributed by atoms with E-state index in [-0.39, 0.29) is 23.4 Å². The third-order valence-corrected chi connectivity index (χ3v) is 4.94. The molecule has 0 saturated carbocycles. The topological polar surface area (TPSA) is 46.6 Å². The van der Waals surface area contributed by atoms with Gasteiger partial charge in [0.25, 0.3) is 0 Å². The molecule has 1 aliphatic heterocycles. The third-order valence-electron chi connectivity index (χ3n) is 4.05. The molecule has 124 valence electrons. The molecule has 0 radical (unpaired) electrons. The number of amides is 1. The van der Waals surface area contributed by atoms with Gasteiger partial charge in [-0.3, -0.25) is 14.5 Å². The predicted molar refractivity (Wildman–Crippen MR) is 96.8 cm³/mol. The second-order valence-corrected chi connectivity index (χ2v) is 6.54. The van der Waals surface area contributed by atoms with Gasteiger partial charge in [0.2, 0.25) is 5.91 Å². The molecule has 3 rings (SSSR count). The predicted octanol–water partition coefficient (Wildman–Crippen LogP) is 3.36. The van der Waals surface area contributed by atoms with Crippen LogP contribution in [0.5, 0.6) is 0 Å². The molecule has 2 aromatic rings. The van der Waals surface area contributed by atoms with Crippen LogP contribution in [-0.2, 0) is 27.2 Å². The molecule has 1 amide bonds. The van der Waals surface area contributed by atoms with Crippen molar-refractivity contribution < 1.29 is 14.3 Å². The number of anilines is 2.